The van der Waals surface area contributed by atoms with E-state index in [4.69, 9.17) is 34.8 Å². The Balaban J connectivity index is 1.77. The Labute approximate surface area is 160 Å². The van der Waals surface area contributed by atoms with Gasteiger partial charge in [0.2, 0.25) is 5.91 Å². The smallest absolute Gasteiger partial charge is 0.254 e. The molecule has 25 heavy (non-hydrogen) atoms. The number of halogens is 3. The van der Waals surface area contributed by atoms with Crippen molar-refractivity contribution < 1.29 is 9.59 Å². The van der Waals surface area contributed by atoms with Crippen LogP contribution >= 0.6 is 34.8 Å². The molecule has 1 N–H and O–H groups in total. The summed E-state index contributed by atoms with van der Waals surface area (Å²) < 4.78 is 0. The first-order valence-corrected chi connectivity index (χ1v) is 8.92. The predicted octanol–water partition coefficient (Wildman–Crippen LogP) is 4.89. The van der Waals surface area contributed by atoms with Crippen molar-refractivity contribution in [1.29, 1.82) is 0 Å². The summed E-state index contributed by atoms with van der Waals surface area (Å²) in [5, 5.41) is 3.65. The molecule has 1 unspecified atom stereocenters. The van der Waals surface area contributed by atoms with Gasteiger partial charge in [0.05, 0.1) is 20.8 Å². The first kappa shape index (κ1) is 18.1. The number of nitrogens with zero attached hydrogens (tertiary/aromatic N) is 1. The summed E-state index contributed by atoms with van der Waals surface area (Å²) in [6.45, 7) is 0.543. The Morgan fingerprint density at radius 1 is 1.00 bits per heavy atom. The van der Waals surface area contributed by atoms with E-state index >= 15 is 0 Å². The zero-order chi connectivity index (χ0) is 18.0. The van der Waals surface area contributed by atoms with E-state index in [-0.39, 0.29) is 11.8 Å². The van der Waals surface area contributed by atoms with Gasteiger partial charge in [-0.05, 0) is 37.1 Å². The van der Waals surface area contributed by atoms with Crippen LogP contribution in [0.3, 0.4) is 0 Å². The van der Waals surface area contributed by atoms with E-state index in [2.05, 4.69) is 5.32 Å². The van der Waals surface area contributed by atoms with Crippen molar-refractivity contribution in [3.05, 3.63) is 63.1 Å². The molecular weight excluding hydrogens is 383 g/mol. The molecule has 1 heterocycles. The van der Waals surface area contributed by atoms with Crippen molar-refractivity contribution in [3.63, 3.8) is 0 Å². The molecular formula is C18H15Cl3N2O2. The zero-order valence-corrected chi connectivity index (χ0v) is 15.4. The number of nitrogens with one attached hydrogen (secondary N) is 1. The van der Waals surface area contributed by atoms with E-state index in [1.807, 2.05) is 6.07 Å². The van der Waals surface area contributed by atoms with Crippen LogP contribution in [0.5, 0.6) is 0 Å². The van der Waals surface area contributed by atoms with Crippen molar-refractivity contribution in [1.82, 2.24) is 4.90 Å². The summed E-state index contributed by atoms with van der Waals surface area (Å²) in [6, 6.07) is 11.4. The molecule has 7 heteroatoms. The summed E-state index contributed by atoms with van der Waals surface area (Å²) in [7, 11) is 0. The van der Waals surface area contributed by atoms with Gasteiger partial charge in [-0.2, -0.15) is 0 Å². The van der Waals surface area contributed by atoms with Crippen LogP contribution in [-0.4, -0.2) is 29.3 Å². The van der Waals surface area contributed by atoms with E-state index in [9.17, 15) is 9.59 Å². The highest BCUT2D eigenvalue weighted by atomic mass is 35.5. The quantitative estimate of drug-likeness (QED) is 0.750. The second-order valence-corrected chi connectivity index (χ2v) is 6.98. The van der Waals surface area contributed by atoms with Crippen molar-refractivity contribution in [2.24, 2.45) is 0 Å². The first-order valence-electron chi connectivity index (χ1n) is 7.79. The average Bonchev–Trinajstić information content (AvgIpc) is 3.09. The second kappa shape index (κ2) is 7.65. The Bertz CT molecular complexity index is 811. The van der Waals surface area contributed by atoms with Crippen molar-refractivity contribution in [2.45, 2.75) is 18.9 Å². The van der Waals surface area contributed by atoms with Crippen LogP contribution in [0.15, 0.2) is 42.5 Å². The lowest BCUT2D eigenvalue weighted by atomic mass is 10.1. The highest BCUT2D eigenvalue weighted by Gasteiger charge is 2.34. The number of anilines is 1. The van der Waals surface area contributed by atoms with Gasteiger partial charge in [0.1, 0.15) is 6.04 Å². The predicted molar refractivity (Wildman–Crippen MR) is 101 cm³/mol. The molecule has 3 rings (SSSR count). The maximum Gasteiger partial charge on any atom is 0.254 e. The maximum absolute atomic E-state index is 12.7. The molecule has 4 nitrogen and oxygen atoms in total. The van der Waals surface area contributed by atoms with Crippen molar-refractivity contribution >= 4 is 52.3 Å². The molecule has 1 fully saturated rings. The largest absolute Gasteiger partial charge is 0.327 e. The minimum Gasteiger partial charge on any atom is -0.327 e. The molecule has 0 aliphatic carbocycles. The lowest BCUT2D eigenvalue weighted by Gasteiger charge is -2.24. The molecule has 130 valence electrons. The third-order valence-corrected chi connectivity index (χ3v) is 5.14. The molecule has 2 aromatic rings. The van der Waals surface area contributed by atoms with E-state index in [0.717, 1.165) is 6.42 Å². The monoisotopic (exact) mass is 396 g/mol. The molecule has 0 aromatic heterocycles. The number of carbonyl (C=O) groups excluding carboxylic acids is 2. The molecule has 0 bridgehead atoms. The van der Waals surface area contributed by atoms with Gasteiger partial charge >= 0.3 is 0 Å². The number of benzene rings is 2. The summed E-state index contributed by atoms with van der Waals surface area (Å²) in [5.41, 5.74) is 0.940. The average molecular weight is 398 g/mol. The summed E-state index contributed by atoms with van der Waals surface area (Å²) in [5.74, 6) is -0.444. The van der Waals surface area contributed by atoms with E-state index in [1.165, 1.54) is 12.1 Å². The van der Waals surface area contributed by atoms with Crippen LogP contribution in [-0.2, 0) is 4.79 Å². The molecule has 1 aliphatic heterocycles. The van der Waals surface area contributed by atoms with Gasteiger partial charge in [0.25, 0.3) is 5.91 Å². The minimum atomic E-state index is -0.543. The van der Waals surface area contributed by atoms with Crippen LogP contribution in [0, 0.1) is 0 Å². The third kappa shape index (κ3) is 3.92. The fourth-order valence-corrected chi connectivity index (χ4v) is 3.46. The Morgan fingerprint density at radius 2 is 1.68 bits per heavy atom. The van der Waals surface area contributed by atoms with Gasteiger partial charge in [0, 0.05) is 12.1 Å². The van der Waals surface area contributed by atoms with Crippen LogP contribution in [0.2, 0.25) is 15.1 Å². The van der Waals surface area contributed by atoms with E-state index in [0.29, 0.717) is 39.3 Å². The molecule has 1 saturated heterocycles. The van der Waals surface area contributed by atoms with Crippen molar-refractivity contribution in [3.8, 4) is 0 Å². The number of hydrogen-bond donors (Lipinski definition) is 1. The van der Waals surface area contributed by atoms with Gasteiger partial charge in [-0.25, -0.2) is 0 Å². The van der Waals surface area contributed by atoms with Crippen LogP contribution < -0.4 is 5.32 Å². The van der Waals surface area contributed by atoms with Crippen LogP contribution in [0.25, 0.3) is 0 Å². The number of rotatable bonds is 3. The van der Waals surface area contributed by atoms with Gasteiger partial charge < -0.3 is 10.2 Å². The molecule has 0 spiro atoms. The number of carbonyl (C=O) groups is 2. The highest BCUT2D eigenvalue weighted by Crippen LogP contribution is 2.33. The lowest BCUT2D eigenvalue weighted by Crippen LogP contribution is -2.43. The third-order valence-electron chi connectivity index (χ3n) is 4.10. The van der Waals surface area contributed by atoms with Crippen molar-refractivity contribution in [2.75, 3.05) is 11.9 Å². The van der Waals surface area contributed by atoms with E-state index < -0.39 is 6.04 Å². The van der Waals surface area contributed by atoms with Gasteiger partial charge in [-0.1, -0.05) is 53.0 Å². The summed E-state index contributed by atoms with van der Waals surface area (Å²) in [4.78, 5) is 26.9. The normalized spacial score (nSPS) is 16.8. The molecule has 0 saturated carbocycles. The molecule has 2 amide bonds. The van der Waals surface area contributed by atoms with Gasteiger partial charge in [-0.15, -0.1) is 0 Å². The Hall–Kier alpha value is -1.75. The van der Waals surface area contributed by atoms with E-state index in [1.54, 1.807) is 29.2 Å². The van der Waals surface area contributed by atoms with Crippen LogP contribution in [0.1, 0.15) is 23.2 Å². The molecule has 0 radical (unpaired) electrons. The fourth-order valence-electron chi connectivity index (χ4n) is 2.86. The second-order valence-electron chi connectivity index (χ2n) is 5.76. The number of hydrogen-bond acceptors (Lipinski definition) is 2. The zero-order valence-electron chi connectivity index (χ0n) is 13.1. The SMILES string of the molecule is O=C(Nc1cc(Cl)c(Cl)cc1Cl)C1CCCN1C(=O)c1ccccc1. The van der Waals surface area contributed by atoms with Crippen LogP contribution in [0.4, 0.5) is 5.69 Å². The number of likely N-dealkylation sites (tertiary alicyclic amines) is 1. The first-order chi connectivity index (χ1) is 12.0. The maximum atomic E-state index is 12.7. The molecule has 1 aliphatic rings. The Kier molecular flexibility index (Phi) is 5.52. The van der Waals surface area contributed by atoms with Gasteiger partial charge in [-0.3, -0.25) is 9.59 Å². The lowest BCUT2D eigenvalue weighted by molar-refractivity contribution is -0.119. The minimum absolute atomic E-state index is 0.154. The number of amides is 2. The van der Waals surface area contributed by atoms with Gasteiger partial charge in [0.15, 0.2) is 0 Å². The summed E-state index contributed by atoms with van der Waals surface area (Å²) in [6.07, 6.45) is 1.37. The fraction of sp³-hybridized carbons (Fsp3) is 0.222. The topological polar surface area (TPSA) is 49.4 Å². The summed E-state index contributed by atoms with van der Waals surface area (Å²) >= 11 is 18.0. The molecule has 2 aromatic carbocycles. The standard InChI is InChI=1S/C18H15Cl3N2O2/c19-12-9-14(21)15(10-13(12)20)22-17(24)16-7-4-8-23(16)18(25)11-5-2-1-3-6-11/h1-3,5-6,9-10,16H,4,7-8H2,(H,22,24). The molecule has 1 atom stereocenters. The Morgan fingerprint density at radius 3 is 2.40 bits per heavy atom. The highest BCUT2D eigenvalue weighted by molar-refractivity contribution is 6.44.